The summed E-state index contributed by atoms with van der Waals surface area (Å²) in [5, 5.41) is 14.1. The van der Waals surface area contributed by atoms with Crippen molar-refractivity contribution in [2.75, 3.05) is 20.3 Å². The SMILES string of the molecule is COC(=O)C/C=C/c1ccccc1[C@@H](C)OC[C@H](O)CNC(C)(C)CC1Cc2ccccc2C1. The third-order valence-electron chi connectivity index (χ3n) is 6.53. The molecule has 2 N–H and O–H groups in total. The molecule has 0 fully saturated rings. The van der Waals surface area contributed by atoms with Crippen LogP contribution in [0.5, 0.6) is 0 Å². The van der Waals surface area contributed by atoms with Crippen LogP contribution in [-0.2, 0) is 27.1 Å². The molecule has 5 heteroatoms. The zero-order chi connectivity index (χ0) is 24.6. The number of hydrogen-bond donors (Lipinski definition) is 2. The first-order chi connectivity index (χ1) is 16.3. The fourth-order valence-corrected chi connectivity index (χ4v) is 4.78. The molecular formula is C29H39NO4. The molecule has 0 bridgehead atoms. The predicted molar refractivity (Wildman–Crippen MR) is 137 cm³/mol. The number of esters is 1. The second-order valence-corrected chi connectivity index (χ2v) is 9.95. The van der Waals surface area contributed by atoms with E-state index < -0.39 is 6.10 Å². The first-order valence-electron chi connectivity index (χ1n) is 12.2. The maximum absolute atomic E-state index is 11.3. The zero-order valence-electron chi connectivity index (χ0n) is 20.9. The fourth-order valence-electron chi connectivity index (χ4n) is 4.78. The molecule has 1 aliphatic carbocycles. The molecule has 0 unspecified atom stereocenters. The van der Waals surface area contributed by atoms with Crippen molar-refractivity contribution in [3.63, 3.8) is 0 Å². The highest BCUT2D eigenvalue weighted by atomic mass is 16.5. The van der Waals surface area contributed by atoms with Crippen LogP contribution < -0.4 is 5.32 Å². The Morgan fingerprint density at radius 2 is 1.79 bits per heavy atom. The molecule has 0 aromatic heterocycles. The number of ether oxygens (including phenoxy) is 2. The number of fused-ring (bicyclic) bond motifs is 1. The molecule has 2 atom stereocenters. The average Bonchev–Trinajstić information content (AvgIpc) is 3.23. The number of hydrogen-bond acceptors (Lipinski definition) is 5. The van der Waals surface area contributed by atoms with Crippen molar-refractivity contribution in [3.8, 4) is 0 Å². The molecule has 0 amide bonds. The standard InChI is InChI=1S/C29H39NO4/c1-21(27-14-8-7-10-23(27)13-9-15-28(32)33-4)34-20-26(31)19-30-29(2,3)18-22-16-24-11-5-6-12-25(24)17-22/h5-14,21-22,26,30-31H,15-20H2,1-4H3/b13-9+/t21-,26-/m1/s1. The third kappa shape index (κ3) is 7.79. The van der Waals surface area contributed by atoms with Crippen LogP contribution in [0.4, 0.5) is 0 Å². The molecule has 34 heavy (non-hydrogen) atoms. The number of carbonyl (C=O) groups excluding carboxylic acids is 1. The fraction of sp³-hybridized carbons (Fsp3) is 0.483. The second kappa shape index (κ2) is 12.3. The van der Waals surface area contributed by atoms with E-state index in [1.807, 2.05) is 37.3 Å². The van der Waals surface area contributed by atoms with E-state index in [4.69, 9.17) is 4.74 Å². The monoisotopic (exact) mass is 465 g/mol. The Hall–Kier alpha value is -2.47. The van der Waals surface area contributed by atoms with Crippen LogP contribution in [-0.4, -0.2) is 43.0 Å². The molecule has 184 valence electrons. The normalized spacial score (nSPS) is 15.9. The summed E-state index contributed by atoms with van der Waals surface area (Å²) in [6.07, 6.45) is 6.50. The Labute approximate surface area is 204 Å². The van der Waals surface area contributed by atoms with Crippen LogP contribution >= 0.6 is 0 Å². The van der Waals surface area contributed by atoms with Crippen molar-refractivity contribution in [1.82, 2.24) is 5.32 Å². The van der Waals surface area contributed by atoms with E-state index in [9.17, 15) is 9.90 Å². The number of benzene rings is 2. The van der Waals surface area contributed by atoms with Gasteiger partial charge in [0.1, 0.15) is 0 Å². The molecule has 0 spiro atoms. The minimum atomic E-state index is -0.593. The molecule has 0 aliphatic heterocycles. The summed E-state index contributed by atoms with van der Waals surface area (Å²) >= 11 is 0. The summed E-state index contributed by atoms with van der Waals surface area (Å²) in [5.74, 6) is 0.367. The smallest absolute Gasteiger partial charge is 0.309 e. The number of rotatable bonds is 12. The molecule has 3 rings (SSSR count). The Kier molecular flexibility index (Phi) is 9.45. The van der Waals surface area contributed by atoms with Crippen molar-refractivity contribution in [2.24, 2.45) is 5.92 Å². The topological polar surface area (TPSA) is 67.8 Å². The second-order valence-electron chi connectivity index (χ2n) is 9.95. The molecule has 2 aromatic carbocycles. The highest BCUT2D eigenvalue weighted by Crippen LogP contribution is 2.32. The third-order valence-corrected chi connectivity index (χ3v) is 6.53. The zero-order valence-corrected chi connectivity index (χ0v) is 20.9. The molecule has 0 saturated carbocycles. The predicted octanol–water partition coefficient (Wildman–Crippen LogP) is 4.87. The van der Waals surface area contributed by atoms with Gasteiger partial charge in [-0.25, -0.2) is 0 Å². The molecular weight excluding hydrogens is 426 g/mol. The first kappa shape index (κ1) is 26.1. The van der Waals surface area contributed by atoms with Gasteiger partial charge in [0.15, 0.2) is 0 Å². The molecule has 0 saturated heterocycles. The van der Waals surface area contributed by atoms with Gasteiger partial charge in [0.2, 0.25) is 0 Å². The van der Waals surface area contributed by atoms with Gasteiger partial charge < -0.3 is 19.9 Å². The van der Waals surface area contributed by atoms with E-state index in [1.165, 1.54) is 18.2 Å². The van der Waals surface area contributed by atoms with Crippen LogP contribution in [0.2, 0.25) is 0 Å². The minimum Gasteiger partial charge on any atom is -0.469 e. The van der Waals surface area contributed by atoms with Gasteiger partial charge in [-0.3, -0.25) is 4.79 Å². The number of methoxy groups -OCH3 is 1. The lowest BCUT2D eigenvalue weighted by Crippen LogP contribution is -2.45. The summed E-state index contributed by atoms with van der Waals surface area (Å²) < 4.78 is 10.7. The lowest BCUT2D eigenvalue weighted by Gasteiger charge is -2.31. The summed E-state index contributed by atoms with van der Waals surface area (Å²) in [6, 6.07) is 16.7. The van der Waals surface area contributed by atoms with Crippen molar-refractivity contribution < 1.29 is 19.4 Å². The molecule has 5 nitrogen and oxygen atoms in total. The summed E-state index contributed by atoms with van der Waals surface area (Å²) in [4.78, 5) is 11.3. The number of nitrogens with one attached hydrogen (secondary N) is 1. The van der Waals surface area contributed by atoms with Crippen LogP contribution in [0, 0.1) is 5.92 Å². The van der Waals surface area contributed by atoms with E-state index in [2.05, 4.69) is 48.2 Å². The van der Waals surface area contributed by atoms with E-state index in [1.54, 1.807) is 6.08 Å². The van der Waals surface area contributed by atoms with Crippen LogP contribution in [0.1, 0.15) is 62.0 Å². The maximum Gasteiger partial charge on any atom is 0.309 e. The van der Waals surface area contributed by atoms with Crippen molar-refractivity contribution in [2.45, 2.75) is 64.2 Å². The van der Waals surface area contributed by atoms with E-state index in [0.29, 0.717) is 12.5 Å². The molecule has 2 aromatic rings. The van der Waals surface area contributed by atoms with Gasteiger partial charge in [-0.15, -0.1) is 0 Å². The van der Waals surface area contributed by atoms with Gasteiger partial charge in [-0.05, 0) is 68.2 Å². The number of carbonyl (C=O) groups is 1. The summed E-state index contributed by atoms with van der Waals surface area (Å²) in [7, 11) is 1.38. The lowest BCUT2D eigenvalue weighted by atomic mass is 9.88. The number of aliphatic hydroxyl groups is 1. The average molecular weight is 466 g/mol. The van der Waals surface area contributed by atoms with Crippen LogP contribution in [0.25, 0.3) is 6.08 Å². The van der Waals surface area contributed by atoms with Crippen molar-refractivity contribution in [3.05, 3.63) is 76.9 Å². The highest BCUT2D eigenvalue weighted by molar-refractivity contribution is 5.72. The van der Waals surface area contributed by atoms with Crippen molar-refractivity contribution in [1.29, 1.82) is 0 Å². The largest absolute Gasteiger partial charge is 0.469 e. The Morgan fingerprint density at radius 3 is 2.47 bits per heavy atom. The van der Waals surface area contributed by atoms with Gasteiger partial charge >= 0.3 is 5.97 Å². The molecule has 0 heterocycles. The van der Waals surface area contributed by atoms with Gasteiger partial charge in [0.25, 0.3) is 0 Å². The van der Waals surface area contributed by atoms with Crippen LogP contribution in [0.15, 0.2) is 54.6 Å². The van der Waals surface area contributed by atoms with Gasteiger partial charge in [0.05, 0.1) is 32.3 Å². The van der Waals surface area contributed by atoms with E-state index in [-0.39, 0.29) is 30.6 Å². The number of β-amino-alcohol motifs (C(OH)–C–C–N with tert-alkyl or cyclic N) is 1. The lowest BCUT2D eigenvalue weighted by molar-refractivity contribution is -0.139. The van der Waals surface area contributed by atoms with Crippen LogP contribution in [0.3, 0.4) is 0 Å². The van der Waals surface area contributed by atoms with Gasteiger partial charge in [-0.1, -0.05) is 60.7 Å². The minimum absolute atomic E-state index is 0.0592. The Morgan fingerprint density at radius 1 is 1.15 bits per heavy atom. The van der Waals surface area contributed by atoms with Gasteiger partial charge in [0, 0.05) is 12.1 Å². The Balaban J connectivity index is 1.44. The quantitative estimate of drug-likeness (QED) is 0.438. The Bertz CT molecular complexity index is 943. The molecule has 0 radical (unpaired) electrons. The van der Waals surface area contributed by atoms with E-state index in [0.717, 1.165) is 30.4 Å². The maximum atomic E-state index is 11.3. The van der Waals surface area contributed by atoms with Crippen molar-refractivity contribution >= 4 is 12.0 Å². The number of aliphatic hydroxyl groups excluding tert-OH is 1. The van der Waals surface area contributed by atoms with Gasteiger partial charge in [-0.2, -0.15) is 0 Å². The van der Waals surface area contributed by atoms with E-state index >= 15 is 0 Å². The summed E-state index contributed by atoms with van der Waals surface area (Å²) in [6.45, 7) is 7.14. The molecule has 1 aliphatic rings. The highest BCUT2D eigenvalue weighted by Gasteiger charge is 2.28. The summed E-state index contributed by atoms with van der Waals surface area (Å²) in [5.41, 5.74) is 4.91. The first-order valence-corrected chi connectivity index (χ1v) is 12.2.